The highest BCUT2D eigenvalue weighted by Gasteiger charge is 2.20. The third kappa shape index (κ3) is 2.72. The summed E-state index contributed by atoms with van der Waals surface area (Å²) < 4.78 is 11.0. The number of allylic oxidation sites excluding steroid dienone is 1. The van der Waals surface area contributed by atoms with Crippen LogP contribution in [0.3, 0.4) is 0 Å². The van der Waals surface area contributed by atoms with E-state index in [4.69, 9.17) is 9.47 Å². The van der Waals surface area contributed by atoms with Gasteiger partial charge in [0.05, 0.1) is 25.1 Å². The zero-order valence-electron chi connectivity index (χ0n) is 12.5. The van der Waals surface area contributed by atoms with E-state index >= 15 is 0 Å². The topological polar surface area (TPSA) is 73.3 Å². The molecule has 22 heavy (non-hydrogen) atoms. The number of anilines is 1. The maximum Gasteiger partial charge on any atom is 0.222 e. The quantitative estimate of drug-likeness (QED) is 0.943. The number of benzene rings is 1. The second-order valence-corrected chi connectivity index (χ2v) is 5.06. The molecular formula is C16H17N3O3. The molecule has 1 aromatic heterocycles. The molecule has 0 fully saturated rings. The molecular weight excluding hydrogens is 282 g/mol. The van der Waals surface area contributed by atoms with Gasteiger partial charge in [0, 0.05) is 12.5 Å². The number of aromatic nitrogens is 2. The predicted molar refractivity (Wildman–Crippen MR) is 82.6 cm³/mol. The molecule has 1 atom stereocenters. The number of hydrogen-bond donors (Lipinski definition) is 1. The number of nitrogens with zero attached hydrogens (tertiary/aromatic N) is 2. The molecule has 2 heterocycles. The Kier molecular flexibility index (Phi) is 3.91. The average molecular weight is 299 g/mol. The molecule has 1 aliphatic heterocycles. The predicted octanol–water partition coefficient (Wildman–Crippen LogP) is 2.96. The van der Waals surface area contributed by atoms with Crippen LogP contribution in [0.25, 0.3) is 11.0 Å². The van der Waals surface area contributed by atoms with Gasteiger partial charge in [0.15, 0.2) is 5.82 Å². The Bertz CT molecular complexity index is 743. The smallest absolute Gasteiger partial charge is 0.222 e. The van der Waals surface area contributed by atoms with E-state index in [2.05, 4.69) is 15.3 Å². The van der Waals surface area contributed by atoms with Crippen LogP contribution in [0.15, 0.2) is 30.7 Å². The summed E-state index contributed by atoms with van der Waals surface area (Å²) in [4.78, 5) is 20.1. The van der Waals surface area contributed by atoms with Gasteiger partial charge in [-0.15, -0.1) is 0 Å². The van der Waals surface area contributed by atoms with Gasteiger partial charge in [0.2, 0.25) is 5.91 Å². The van der Waals surface area contributed by atoms with Gasteiger partial charge in [0.1, 0.15) is 17.4 Å². The Balaban J connectivity index is 2.11. The van der Waals surface area contributed by atoms with Crippen LogP contribution in [0.5, 0.6) is 5.75 Å². The normalized spacial score (nSPS) is 17.1. The van der Waals surface area contributed by atoms with Crippen molar-refractivity contribution in [2.24, 2.45) is 0 Å². The lowest BCUT2D eigenvalue weighted by Gasteiger charge is -2.21. The van der Waals surface area contributed by atoms with Gasteiger partial charge in [-0.25, -0.2) is 4.98 Å². The van der Waals surface area contributed by atoms with Gasteiger partial charge >= 0.3 is 0 Å². The number of fused-ring (bicyclic) bond motifs is 1. The molecule has 6 nitrogen and oxygen atoms in total. The van der Waals surface area contributed by atoms with E-state index in [0.29, 0.717) is 17.1 Å². The zero-order valence-corrected chi connectivity index (χ0v) is 12.5. The fourth-order valence-corrected chi connectivity index (χ4v) is 2.52. The summed E-state index contributed by atoms with van der Waals surface area (Å²) in [5.74, 6) is 0.828. The Morgan fingerprint density at radius 1 is 1.41 bits per heavy atom. The van der Waals surface area contributed by atoms with E-state index < -0.39 is 0 Å². The highest BCUT2D eigenvalue weighted by atomic mass is 16.5. The molecule has 1 unspecified atom stereocenters. The van der Waals surface area contributed by atoms with Crippen LogP contribution < -0.4 is 10.1 Å². The van der Waals surface area contributed by atoms with E-state index in [0.717, 1.165) is 23.9 Å². The van der Waals surface area contributed by atoms with Crippen molar-refractivity contribution in [2.45, 2.75) is 25.9 Å². The third-order valence-electron chi connectivity index (χ3n) is 3.50. The third-order valence-corrected chi connectivity index (χ3v) is 3.50. The van der Waals surface area contributed by atoms with Crippen LogP contribution in [-0.4, -0.2) is 23.0 Å². The Morgan fingerprint density at radius 3 is 2.95 bits per heavy atom. The minimum atomic E-state index is -0.190. The Labute approximate surface area is 128 Å². The number of carbonyl (C=O) groups excluding carboxylic acids is 1. The monoisotopic (exact) mass is 299 g/mol. The van der Waals surface area contributed by atoms with E-state index in [1.807, 2.05) is 18.2 Å². The molecule has 3 rings (SSSR count). The standard InChI is InChI=1S/C16H17N3O3/c1-10(20)18-14-9-17-15-11(12-5-3-4-8-22-12)6-7-13(21-2)16(15)19-14/h4,6-9,12H,3,5H2,1-2H3,(H,18,19,20). The summed E-state index contributed by atoms with van der Waals surface area (Å²) in [6.45, 7) is 1.43. The largest absolute Gasteiger partial charge is 0.494 e. The second kappa shape index (κ2) is 6.01. The summed E-state index contributed by atoms with van der Waals surface area (Å²) in [6, 6.07) is 3.81. The van der Waals surface area contributed by atoms with E-state index in [-0.39, 0.29) is 12.0 Å². The molecule has 0 saturated heterocycles. The van der Waals surface area contributed by atoms with Gasteiger partial charge < -0.3 is 14.8 Å². The van der Waals surface area contributed by atoms with Crippen molar-refractivity contribution in [3.05, 3.63) is 36.2 Å². The van der Waals surface area contributed by atoms with Gasteiger partial charge in [-0.1, -0.05) is 0 Å². The Morgan fingerprint density at radius 2 is 2.27 bits per heavy atom. The first-order valence-corrected chi connectivity index (χ1v) is 7.10. The lowest BCUT2D eigenvalue weighted by Crippen LogP contribution is -2.10. The molecule has 1 amide bonds. The first-order valence-electron chi connectivity index (χ1n) is 7.10. The number of nitrogens with one attached hydrogen (secondary N) is 1. The molecule has 0 bridgehead atoms. The van der Waals surface area contributed by atoms with Crippen molar-refractivity contribution in [3.63, 3.8) is 0 Å². The maximum atomic E-state index is 11.2. The van der Waals surface area contributed by atoms with Gasteiger partial charge in [-0.2, -0.15) is 0 Å². The van der Waals surface area contributed by atoms with Crippen LogP contribution >= 0.6 is 0 Å². The minimum absolute atomic E-state index is 0.0423. The number of rotatable bonds is 3. The molecule has 114 valence electrons. The highest BCUT2D eigenvalue weighted by molar-refractivity contribution is 5.90. The zero-order chi connectivity index (χ0) is 15.5. The van der Waals surface area contributed by atoms with Crippen molar-refractivity contribution in [1.82, 2.24) is 9.97 Å². The number of amides is 1. The van der Waals surface area contributed by atoms with Crippen molar-refractivity contribution in [2.75, 3.05) is 12.4 Å². The summed E-state index contributed by atoms with van der Waals surface area (Å²) >= 11 is 0. The van der Waals surface area contributed by atoms with Gasteiger partial charge in [-0.05, 0) is 31.1 Å². The van der Waals surface area contributed by atoms with Crippen molar-refractivity contribution < 1.29 is 14.3 Å². The van der Waals surface area contributed by atoms with Crippen LogP contribution in [0.4, 0.5) is 5.82 Å². The summed E-state index contributed by atoms with van der Waals surface area (Å²) in [7, 11) is 1.58. The van der Waals surface area contributed by atoms with Crippen molar-refractivity contribution in [3.8, 4) is 5.75 Å². The molecule has 1 N–H and O–H groups in total. The van der Waals surface area contributed by atoms with E-state index in [1.54, 1.807) is 19.6 Å². The van der Waals surface area contributed by atoms with E-state index in [9.17, 15) is 4.79 Å². The highest BCUT2D eigenvalue weighted by Crippen LogP contribution is 2.34. The fraction of sp³-hybridized carbons (Fsp3) is 0.312. The summed E-state index contributed by atoms with van der Waals surface area (Å²) in [5, 5.41) is 2.64. The molecule has 0 radical (unpaired) electrons. The lowest BCUT2D eigenvalue weighted by molar-refractivity contribution is -0.114. The number of ether oxygens (including phenoxy) is 2. The average Bonchev–Trinajstić information content (AvgIpc) is 2.54. The van der Waals surface area contributed by atoms with Crippen LogP contribution in [0, 0.1) is 0 Å². The van der Waals surface area contributed by atoms with Crippen LogP contribution in [-0.2, 0) is 9.53 Å². The molecule has 0 spiro atoms. The first kappa shape index (κ1) is 14.3. The lowest BCUT2D eigenvalue weighted by atomic mass is 10.0. The number of carbonyl (C=O) groups is 1. The van der Waals surface area contributed by atoms with Crippen LogP contribution in [0.1, 0.15) is 31.4 Å². The molecule has 0 aliphatic carbocycles. The van der Waals surface area contributed by atoms with Gasteiger partial charge in [0.25, 0.3) is 0 Å². The molecule has 0 saturated carbocycles. The molecule has 2 aromatic rings. The summed E-state index contributed by atoms with van der Waals surface area (Å²) in [5.41, 5.74) is 2.32. The van der Waals surface area contributed by atoms with Crippen LogP contribution in [0.2, 0.25) is 0 Å². The number of hydrogen-bond acceptors (Lipinski definition) is 5. The van der Waals surface area contributed by atoms with Crippen molar-refractivity contribution in [1.29, 1.82) is 0 Å². The first-order chi connectivity index (χ1) is 10.7. The van der Waals surface area contributed by atoms with E-state index in [1.165, 1.54) is 6.92 Å². The second-order valence-electron chi connectivity index (χ2n) is 5.06. The molecule has 1 aliphatic rings. The SMILES string of the molecule is COc1ccc(C2CCC=CO2)c2ncc(NC(C)=O)nc12. The summed E-state index contributed by atoms with van der Waals surface area (Å²) in [6.07, 6.45) is 7.10. The Hall–Kier alpha value is -2.63. The molecule has 6 heteroatoms. The van der Waals surface area contributed by atoms with Gasteiger partial charge in [-0.3, -0.25) is 9.78 Å². The maximum absolute atomic E-state index is 11.2. The minimum Gasteiger partial charge on any atom is -0.494 e. The number of methoxy groups -OCH3 is 1. The molecule has 1 aromatic carbocycles. The van der Waals surface area contributed by atoms with Crippen molar-refractivity contribution >= 4 is 22.8 Å². The fourth-order valence-electron chi connectivity index (χ4n) is 2.52.